The number of carbonyl (C=O) groups is 5. The Bertz CT molecular complexity index is 1290. The molecule has 1 heterocycles. The fourth-order valence-electron chi connectivity index (χ4n) is 5.45. The van der Waals surface area contributed by atoms with Gasteiger partial charge in [0.25, 0.3) is 0 Å². The van der Waals surface area contributed by atoms with Crippen LogP contribution in [0.5, 0.6) is 0 Å². The number of alkyl carbamates (subject to hydrolysis) is 1. The van der Waals surface area contributed by atoms with Gasteiger partial charge in [-0.3, -0.25) is 23.9 Å². The van der Waals surface area contributed by atoms with Crippen LogP contribution in [0.1, 0.15) is 107 Å². The second-order valence-electron chi connectivity index (χ2n) is 16.0. The first-order chi connectivity index (χ1) is 23.5. The van der Waals surface area contributed by atoms with Crippen LogP contribution in [-0.4, -0.2) is 87.5 Å². The number of nitrogens with one attached hydrogen (secondary N) is 5. The average Bonchev–Trinajstić information content (AvgIpc) is 3.32. The number of rotatable bonds is 20. The van der Waals surface area contributed by atoms with E-state index in [0.29, 0.717) is 25.9 Å². The predicted octanol–water partition coefficient (Wildman–Crippen LogP) is 3.37. The van der Waals surface area contributed by atoms with E-state index < -0.39 is 53.7 Å². The molecular formula is C37H67N7O7. The van der Waals surface area contributed by atoms with E-state index in [0.717, 1.165) is 11.4 Å². The van der Waals surface area contributed by atoms with Gasteiger partial charge in [0.1, 0.15) is 17.7 Å². The highest BCUT2D eigenvalue weighted by Crippen LogP contribution is 2.17. The zero-order chi connectivity index (χ0) is 39.2. The zero-order valence-electron chi connectivity index (χ0n) is 33.3. The summed E-state index contributed by atoms with van der Waals surface area (Å²) in [6.45, 7) is 24.6. The van der Waals surface area contributed by atoms with Crippen LogP contribution in [0.15, 0.2) is 6.07 Å². The van der Waals surface area contributed by atoms with Crippen LogP contribution in [0, 0.1) is 43.4 Å². The number of hydrogen-bond acceptors (Lipinski definition) is 8. The molecule has 6 unspecified atom stereocenters. The third kappa shape index (κ3) is 16.9. The molecule has 1 aromatic rings. The first-order valence-electron chi connectivity index (χ1n) is 18.4. The van der Waals surface area contributed by atoms with E-state index in [4.69, 9.17) is 4.74 Å². The number of amides is 5. The topological polar surface area (TPSA) is 193 Å². The van der Waals surface area contributed by atoms with Crippen molar-refractivity contribution in [3.63, 3.8) is 0 Å². The van der Waals surface area contributed by atoms with Gasteiger partial charge in [0.15, 0.2) is 0 Å². The van der Waals surface area contributed by atoms with Gasteiger partial charge >= 0.3 is 6.09 Å². The van der Waals surface area contributed by atoms with Crippen molar-refractivity contribution < 1.29 is 33.8 Å². The molecule has 6 atom stereocenters. The monoisotopic (exact) mass is 722 g/mol. The zero-order valence-corrected chi connectivity index (χ0v) is 33.3. The molecule has 0 aromatic carbocycles. The molecule has 0 aliphatic heterocycles. The lowest BCUT2D eigenvalue weighted by Crippen LogP contribution is -2.58. The molecule has 1 aromatic heterocycles. The Morgan fingerprint density at radius 1 is 0.824 bits per heavy atom. The van der Waals surface area contributed by atoms with Gasteiger partial charge in [-0.2, -0.15) is 5.10 Å². The van der Waals surface area contributed by atoms with Crippen LogP contribution in [0.2, 0.25) is 0 Å². The molecule has 51 heavy (non-hydrogen) atoms. The van der Waals surface area contributed by atoms with Crippen molar-refractivity contribution in [2.75, 3.05) is 13.1 Å². The van der Waals surface area contributed by atoms with E-state index in [2.05, 4.69) is 31.7 Å². The Hall–Kier alpha value is -3.68. The Morgan fingerprint density at radius 3 is 1.94 bits per heavy atom. The third-order valence-corrected chi connectivity index (χ3v) is 8.33. The molecule has 5 amide bonds. The number of hydrogen-bond donors (Lipinski definition) is 6. The summed E-state index contributed by atoms with van der Waals surface area (Å²) in [6.07, 6.45) is -1.02. The summed E-state index contributed by atoms with van der Waals surface area (Å²) in [5.41, 5.74) is 0.956. The van der Waals surface area contributed by atoms with Gasteiger partial charge in [-0.25, -0.2) is 4.79 Å². The summed E-state index contributed by atoms with van der Waals surface area (Å²) in [5, 5.41) is 29.8. The smallest absolute Gasteiger partial charge is 0.407 e. The Kier molecular flexibility index (Phi) is 18.7. The normalized spacial score (nSPS) is 15.4. The van der Waals surface area contributed by atoms with Crippen LogP contribution >= 0.6 is 0 Å². The van der Waals surface area contributed by atoms with Crippen molar-refractivity contribution in [2.45, 2.75) is 146 Å². The second-order valence-corrected chi connectivity index (χ2v) is 16.0. The van der Waals surface area contributed by atoms with Gasteiger partial charge in [-0.05, 0) is 77.7 Å². The van der Waals surface area contributed by atoms with E-state index in [1.54, 1.807) is 32.4 Å². The second kappa shape index (κ2) is 21.0. The molecule has 1 rings (SSSR count). The van der Waals surface area contributed by atoms with Gasteiger partial charge in [0.05, 0.1) is 36.8 Å². The lowest BCUT2D eigenvalue weighted by Gasteiger charge is -2.30. The number of nitrogens with zero attached hydrogens (tertiary/aromatic N) is 2. The Balaban J connectivity index is 3.17. The minimum absolute atomic E-state index is 0.00958. The minimum atomic E-state index is -1.20. The molecule has 14 nitrogen and oxygen atoms in total. The molecule has 14 heteroatoms. The molecule has 0 aliphatic rings. The van der Waals surface area contributed by atoms with Crippen molar-refractivity contribution in [3.8, 4) is 0 Å². The molecular weight excluding hydrogens is 654 g/mol. The Morgan fingerprint density at radius 2 is 1.45 bits per heavy atom. The first kappa shape index (κ1) is 45.3. The summed E-state index contributed by atoms with van der Waals surface area (Å²) < 4.78 is 7.10. The summed E-state index contributed by atoms with van der Waals surface area (Å²) in [5.74, 6) is -2.70. The molecule has 292 valence electrons. The summed E-state index contributed by atoms with van der Waals surface area (Å²) in [7, 11) is 0. The van der Waals surface area contributed by atoms with E-state index in [1.165, 1.54) is 0 Å². The van der Waals surface area contributed by atoms with Crippen LogP contribution in [0.3, 0.4) is 0 Å². The van der Waals surface area contributed by atoms with Crippen LogP contribution in [-0.2, 0) is 30.5 Å². The minimum Gasteiger partial charge on any atom is -0.444 e. The third-order valence-electron chi connectivity index (χ3n) is 8.33. The molecule has 0 saturated heterocycles. The lowest BCUT2D eigenvalue weighted by molar-refractivity contribution is -0.133. The summed E-state index contributed by atoms with van der Waals surface area (Å²) >= 11 is 0. The predicted molar refractivity (Wildman–Crippen MR) is 197 cm³/mol. The van der Waals surface area contributed by atoms with Crippen molar-refractivity contribution in [3.05, 3.63) is 17.5 Å². The van der Waals surface area contributed by atoms with Crippen molar-refractivity contribution >= 4 is 29.7 Å². The highest BCUT2D eigenvalue weighted by Gasteiger charge is 2.33. The molecule has 0 bridgehead atoms. The fraction of sp³-hybridized carbons (Fsp3) is 0.784. The van der Waals surface area contributed by atoms with Crippen LogP contribution < -0.4 is 26.6 Å². The van der Waals surface area contributed by atoms with E-state index in [9.17, 15) is 29.1 Å². The van der Waals surface area contributed by atoms with E-state index in [1.807, 2.05) is 68.4 Å². The standard InChI is InChI=1S/C37H67N7O7/c1-14-27(20-44-26(10)17-25(9)43-44)33(47)41-29(19-39-36(50)51-37(11,12)13)34(48)40-28(15-21(2)3)30(45)16-24(8)32(46)42-31(23(6)7)35(49)38-18-22(4)5/h17,21-24,27-31,45H,14-16,18-20H2,1-13H3,(H,38,49)(H,39,50)(H,40,48)(H,41,47)(H,42,46). The summed E-state index contributed by atoms with van der Waals surface area (Å²) in [6, 6.07) is -0.792. The van der Waals surface area contributed by atoms with Crippen molar-refractivity contribution in [1.82, 2.24) is 36.4 Å². The molecule has 0 fully saturated rings. The van der Waals surface area contributed by atoms with Gasteiger partial charge in [-0.1, -0.05) is 55.4 Å². The number of aliphatic hydroxyl groups excluding tert-OH is 1. The maximum absolute atomic E-state index is 13.9. The highest BCUT2D eigenvalue weighted by molar-refractivity contribution is 5.90. The molecule has 6 N–H and O–H groups in total. The van der Waals surface area contributed by atoms with E-state index >= 15 is 0 Å². The van der Waals surface area contributed by atoms with Gasteiger partial charge < -0.3 is 36.4 Å². The maximum Gasteiger partial charge on any atom is 0.407 e. The molecule has 0 spiro atoms. The molecule has 0 saturated carbocycles. The summed E-state index contributed by atoms with van der Waals surface area (Å²) in [4.78, 5) is 66.0. The highest BCUT2D eigenvalue weighted by atomic mass is 16.6. The largest absolute Gasteiger partial charge is 0.444 e. The van der Waals surface area contributed by atoms with E-state index in [-0.39, 0.29) is 48.4 Å². The molecule has 0 aliphatic carbocycles. The number of aromatic nitrogens is 2. The Labute approximate surface area is 305 Å². The number of carbonyl (C=O) groups excluding carboxylic acids is 5. The number of aliphatic hydroxyl groups is 1. The number of ether oxygens (including phenoxy) is 1. The van der Waals surface area contributed by atoms with Gasteiger partial charge in [-0.15, -0.1) is 0 Å². The van der Waals surface area contributed by atoms with Gasteiger partial charge in [0, 0.05) is 18.2 Å². The number of aryl methyl sites for hydroxylation is 2. The average molecular weight is 722 g/mol. The van der Waals surface area contributed by atoms with Crippen LogP contribution in [0.4, 0.5) is 4.79 Å². The fourth-order valence-corrected chi connectivity index (χ4v) is 5.45. The maximum atomic E-state index is 13.9. The lowest BCUT2D eigenvalue weighted by atomic mass is 9.91. The SMILES string of the molecule is CCC(Cn1nc(C)cc1C)C(=O)NC(CNC(=O)OC(C)(C)C)C(=O)NC(CC(C)C)C(O)CC(C)C(=O)NC(C(=O)NCC(C)C)C(C)C. The first-order valence-corrected chi connectivity index (χ1v) is 18.4. The van der Waals surface area contributed by atoms with Crippen LogP contribution in [0.25, 0.3) is 0 Å². The molecule has 0 radical (unpaired) electrons. The van der Waals surface area contributed by atoms with Gasteiger partial charge in [0.2, 0.25) is 23.6 Å². The van der Waals surface area contributed by atoms with Crippen molar-refractivity contribution in [2.24, 2.45) is 29.6 Å². The van der Waals surface area contributed by atoms with Crippen molar-refractivity contribution in [1.29, 1.82) is 0 Å². The quantitative estimate of drug-likeness (QED) is 0.118.